The number of hydrogen-bond donors (Lipinski definition) is 3. The van der Waals surface area contributed by atoms with Crippen LogP contribution in [-0.2, 0) is 9.53 Å². The van der Waals surface area contributed by atoms with E-state index < -0.39 is 17.5 Å². The zero-order valence-electron chi connectivity index (χ0n) is 21.8. The van der Waals surface area contributed by atoms with E-state index in [1.54, 1.807) is 0 Å². The van der Waals surface area contributed by atoms with Crippen molar-refractivity contribution in [3.05, 3.63) is 38.7 Å². The Labute approximate surface area is 203 Å². The number of ether oxygens (including phenoxy) is 1. The summed E-state index contributed by atoms with van der Waals surface area (Å²) in [5, 5.41) is 2.82. The van der Waals surface area contributed by atoms with Crippen molar-refractivity contribution in [1.82, 2.24) is 14.9 Å². The second-order valence-corrected chi connectivity index (χ2v) is 11.7. The Morgan fingerprint density at radius 1 is 1.18 bits per heavy atom. The molecule has 4 N–H and O–H groups in total. The van der Waals surface area contributed by atoms with E-state index in [9.17, 15) is 14.4 Å². The minimum Gasteiger partial charge on any atom is -0.354 e. The lowest BCUT2D eigenvalue weighted by atomic mass is 9.73. The van der Waals surface area contributed by atoms with Crippen LogP contribution in [0.4, 0.5) is 0 Å². The minimum atomic E-state index is -0.524. The molecule has 192 valence electrons. The Bertz CT molecular complexity index is 949. The van der Waals surface area contributed by atoms with Gasteiger partial charge in [0.15, 0.2) is 0 Å². The van der Waals surface area contributed by atoms with E-state index in [0.29, 0.717) is 19.5 Å². The number of rotatable bonds is 10. The predicted molar refractivity (Wildman–Crippen MR) is 136 cm³/mol. The molecule has 1 aromatic heterocycles. The quantitative estimate of drug-likeness (QED) is 0.352. The maximum Gasteiger partial charge on any atom is 0.330 e. The van der Waals surface area contributed by atoms with Gasteiger partial charge < -0.3 is 15.8 Å². The van der Waals surface area contributed by atoms with Crippen LogP contribution in [0.15, 0.2) is 21.9 Å². The van der Waals surface area contributed by atoms with Crippen molar-refractivity contribution in [3.8, 4) is 0 Å². The molecule has 1 saturated heterocycles. The summed E-state index contributed by atoms with van der Waals surface area (Å²) in [7, 11) is 0. The summed E-state index contributed by atoms with van der Waals surface area (Å²) in [4.78, 5) is 39.5. The van der Waals surface area contributed by atoms with Crippen molar-refractivity contribution in [2.75, 3.05) is 13.1 Å². The van der Waals surface area contributed by atoms with E-state index in [0.717, 1.165) is 32.1 Å². The number of aromatic amines is 1. The highest BCUT2D eigenvalue weighted by molar-refractivity contribution is 5.91. The first kappa shape index (κ1) is 28.1. The number of nitrogens with one attached hydrogen (secondary N) is 2. The van der Waals surface area contributed by atoms with Crippen molar-refractivity contribution >= 4 is 12.0 Å². The Hall–Kier alpha value is -2.19. The first-order valence-electron chi connectivity index (χ1n) is 12.5. The molecule has 34 heavy (non-hydrogen) atoms. The monoisotopic (exact) mass is 476 g/mol. The summed E-state index contributed by atoms with van der Waals surface area (Å²) >= 11 is 0. The maximum absolute atomic E-state index is 12.6. The fourth-order valence-electron chi connectivity index (χ4n) is 4.50. The molecule has 0 radical (unpaired) electrons. The Kier molecular flexibility index (Phi) is 9.88. The smallest absolute Gasteiger partial charge is 0.330 e. The highest BCUT2D eigenvalue weighted by Crippen LogP contribution is 2.46. The number of hydrogen-bond acceptors (Lipinski definition) is 5. The van der Waals surface area contributed by atoms with Crippen LogP contribution in [0.5, 0.6) is 0 Å². The third-order valence-electron chi connectivity index (χ3n) is 6.31. The van der Waals surface area contributed by atoms with E-state index in [1.807, 2.05) is 0 Å². The molecule has 2 rings (SSSR count). The molecule has 0 bridgehead atoms. The van der Waals surface area contributed by atoms with E-state index in [1.165, 1.54) is 22.9 Å². The van der Waals surface area contributed by atoms with Crippen LogP contribution in [-0.4, -0.2) is 34.7 Å². The molecule has 0 spiro atoms. The lowest BCUT2D eigenvalue weighted by Gasteiger charge is -2.33. The van der Waals surface area contributed by atoms with Gasteiger partial charge in [-0.15, -0.1) is 0 Å². The maximum atomic E-state index is 12.6. The molecule has 0 saturated carbocycles. The molecular weight excluding hydrogens is 432 g/mol. The van der Waals surface area contributed by atoms with Crippen LogP contribution in [0.2, 0.25) is 0 Å². The van der Waals surface area contributed by atoms with E-state index >= 15 is 0 Å². The van der Waals surface area contributed by atoms with Gasteiger partial charge in [0.1, 0.15) is 6.23 Å². The molecule has 1 aromatic rings. The predicted octanol–water partition coefficient (Wildman–Crippen LogP) is 3.57. The highest BCUT2D eigenvalue weighted by Gasteiger charge is 2.44. The van der Waals surface area contributed by atoms with Crippen molar-refractivity contribution in [2.45, 2.75) is 92.4 Å². The number of aromatic nitrogens is 2. The molecular formula is C26H44N4O4. The van der Waals surface area contributed by atoms with Crippen LogP contribution in [0.3, 0.4) is 0 Å². The molecule has 1 fully saturated rings. The Balaban J connectivity index is 2.13. The molecule has 8 heteroatoms. The van der Waals surface area contributed by atoms with Gasteiger partial charge in [-0.1, -0.05) is 54.4 Å². The Morgan fingerprint density at radius 2 is 1.85 bits per heavy atom. The summed E-state index contributed by atoms with van der Waals surface area (Å²) in [5.41, 5.74) is 4.80. The van der Waals surface area contributed by atoms with Gasteiger partial charge in [-0.05, 0) is 55.1 Å². The largest absolute Gasteiger partial charge is 0.354 e. The van der Waals surface area contributed by atoms with Crippen LogP contribution in [0.25, 0.3) is 6.08 Å². The Morgan fingerprint density at radius 3 is 2.47 bits per heavy atom. The second kappa shape index (κ2) is 12.0. The molecule has 1 aliphatic rings. The molecule has 8 nitrogen and oxygen atoms in total. The zero-order valence-corrected chi connectivity index (χ0v) is 21.8. The van der Waals surface area contributed by atoms with Crippen LogP contribution in [0, 0.1) is 16.7 Å². The number of nitrogens with zero attached hydrogens (tertiary/aromatic N) is 1. The number of carbonyl (C=O) groups excluding carboxylic acids is 1. The second-order valence-electron chi connectivity index (χ2n) is 11.7. The lowest BCUT2D eigenvalue weighted by molar-refractivity contribution is -0.116. The number of unbranched alkanes of at least 4 members (excludes halogenated alkanes) is 3. The first-order chi connectivity index (χ1) is 15.8. The fraction of sp³-hybridized carbons (Fsp3) is 0.731. The molecule has 1 unspecified atom stereocenters. The molecule has 0 aliphatic carbocycles. The summed E-state index contributed by atoms with van der Waals surface area (Å²) in [6, 6.07) is 0. The number of nitrogens with two attached hydrogens (primary N) is 1. The summed E-state index contributed by atoms with van der Waals surface area (Å²) < 4.78 is 7.84. The third kappa shape index (κ3) is 8.55. The zero-order chi connectivity index (χ0) is 25.5. The van der Waals surface area contributed by atoms with Gasteiger partial charge in [0.2, 0.25) is 5.91 Å². The van der Waals surface area contributed by atoms with Crippen LogP contribution in [0.1, 0.15) is 91.9 Å². The van der Waals surface area contributed by atoms with Gasteiger partial charge in [0.25, 0.3) is 5.56 Å². The van der Waals surface area contributed by atoms with Gasteiger partial charge in [-0.25, -0.2) is 4.79 Å². The average molecular weight is 477 g/mol. The van der Waals surface area contributed by atoms with Crippen LogP contribution >= 0.6 is 0 Å². The van der Waals surface area contributed by atoms with Gasteiger partial charge in [0, 0.05) is 18.8 Å². The standard InChI is InChI=1S/C26H44N4O4/c1-25(2,3)16-20-19(26(4,5)6)15-22(34-20)30-17-18(23(32)29-24(30)33)11-12-21(31)28-14-10-8-7-9-13-27/h11-12,17,19-20,22H,7-10,13-16,27H2,1-6H3,(H,28,31)(H,29,32,33)/b12-11+/t19?,20-,22-/m1/s1. The van der Waals surface area contributed by atoms with Crippen LogP contribution < -0.4 is 22.3 Å². The van der Waals surface area contributed by atoms with Crippen molar-refractivity contribution in [2.24, 2.45) is 22.5 Å². The van der Waals surface area contributed by atoms with Crippen molar-refractivity contribution < 1.29 is 9.53 Å². The van der Waals surface area contributed by atoms with E-state index in [-0.39, 0.29) is 34.3 Å². The number of amides is 1. The molecule has 0 aromatic carbocycles. The van der Waals surface area contributed by atoms with E-state index in [2.05, 4.69) is 51.8 Å². The highest BCUT2D eigenvalue weighted by atomic mass is 16.5. The molecule has 1 aliphatic heterocycles. The summed E-state index contributed by atoms with van der Waals surface area (Å²) in [6.07, 6.45) is 9.33. The third-order valence-corrected chi connectivity index (χ3v) is 6.31. The average Bonchev–Trinajstić information content (AvgIpc) is 3.12. The number of carbonyl (C=O) groups is 1. The molecule has 3 atom stereocenters. The topological polar surface area (TPSA) is 119 Å². The van der Waals surface area contributed by atoms with Crippen molar-refractivity contribution in [1.29, 1.82) is 0 Å². The van der Waals surface area contributed by atoms with E-state index in [4.69, 9.17) is 10.5 Å². The lowest BCUT2D eigenvalue weighted by Crippen LogP contribution is -2.33. The van der Waals surface area contributed by atoms with Gasteiger partial charge in [-0.2, -0.15) is 0 Å². The first-order valence-corrected chi connectivity index (χ1v) is 12.5. The van der Waals surface area contributed by atoms with Gasteiger partial charge >= 0.3 is 5.69 Å². The fourth-order valence-corrected chi connectivity index (χ4v) is 4.50. The summed E-state index contributed by atoms with van der Waals surface area (Å²) in [5.74, 6) is -0.00342. The number of H-pyrrole nitrogens is 1. The van der Waals surface area contributed by atoms with Gasteiger partial charge in [-0.3, -0.25) is 19.1 Å². The normalized spacial score (nSPS) is 21.3. The minimum absolute atomic E-state index is 0.0125. The van der Waals surface area contributed by atoms with Gasteiger partial charge in [0.05, 0.1) is 11.7 Å². The SMILES string of the molecule is CC(C)(C)C[C@H]1O[C@@H](n2cc(/C=C/C(=O)NCCCCCCN)c(=O)[nH]c2=O)CC1C(C)(C)C. The summed E-state index contributed by atoms with van der Waals surface area (Å²) in [6.45, 7) is 14.4. The van der Waals surface area contributed by atoms with Crippen molar-refractivity contribution in [3.63, 3.8) is 0 Å². The molecule has 1 amide bonds. The molecule has 2 heterocycles.